The highest BCUT2D eigenvalue weighted by molar-refractivity contribution is 9.12. The van der Waals surface area contributed by atoms with Crippen molar-refractivity contribution in [2.45, 2.75) is 4.83 Å². The number of rotatable bonds is 4. The molecule has 0 aliphatic rings. The van der Waals surface area contributed by atoms with Crippen LogP contribution in [0.3, 0.4) is 0 Å². The van der Waals surface area contributed by atoms with Crippen molar-refractivity contribution in [3.8, 4) is 0 Å². The highest BCUT2D eigenvalue weighted by atomic mass is 79.9. The van der Waals surface area contributed by atoms with Crippen molar-refractivity contribution in [2.24, 2.45) is 0 Å². The van der Waals surface area contributed by atoms with Gasteiger partial charge in [-0.25, -0.2) is 0 Å². The minimum absolute atomic E-state index is 0.268. The second-order valence-corrected chi connectivity index (χ2v) is 3.61. The summed E-state index contributed by atoms with van der Waals surface area (Å²) < 4.78 is 4.70. The van der Waals surface area contributed by atoms with Gasteiger partial charge in [0, 0.05) is 5.33 Å². The van der Waals surface area contributed by atoms with E-state index in [0.717, 1.165) is 0 Å². The molecule has 0 aliphatic heterocycles. The van der Waals surface area contributed by atoms with Gasteiger partial charge >= 0.3 is 5.97 Å². The molecule has 2 nitrogen and oxygen atoms in total. The second kappa shape index (κ2) is 6.43. The fourth-order valence-corrected chi connectivity index (χ4v) is 0.766. The Balaban J connectivity index is 3.42. The Kier molecular flexibility index (Phi) is 6.89. The molecule has 60 valence electrons. The van der Waals surface area contributed by atoms with E-state index in [1.807, 2.05) is 0 Å². The first-order valence-corrected chi connectivity index (χ1v) is 5.22. The molecular formula is C5H7Br2ClO2. The van der Waals surface area contributed by atoms with E-state index in [1.54, 1.807) is 0 Å². The molecule has 0 aromatic rings. The van der Waals surface area contributed by atoms with E-state index in [2.05, 4.69) is 31.9 Å². The molecule has 0 radical (unpaired) electrons. The van der Waals surface area contributed by atoms with E-state index in [-0.39, 0.29) is 17.4 Å². The molecule has 0 aromatic heterocycles. The van der Waals surface area contributed by atoms with Crippen LogP contribution < -0.4 is 0 Å². The lowest BCUT2D eigenvalue weighted by atomic mass is 10.5. The molecule has 0 N–H and O–H groups in total. The van der Waals surface area contributed by atoms with Crippen LogP contribution in [-0.4, -0.2) is 28.6 Å². The largest absolute Gasteiger partial charge is 0.464 e. The van der Waals surface area contributed by atoms with Gasteiger partial charge in [-0.15, -0.1) is 11.6 Å². The number of halogens is 3. The van der Waals surface area contributed by atoms with Crippen LogP contribution in [0.5, 0.6) is 0 Å². The van der Waals surface area contributed by atoms with Crippen LogP contribution in [0.15, 0.2) is 0 Å². The van der Waals surface area contributed by atoms with E-state index >= 15 is 0 Å². The molecule has 10 heavy (non-hydrogen) atoms. The predicted octanol–water partition coefficient (Wildman–Crippen LogP) is 1.93. The van der Waals surface area contributed by atoms with E-state index in [4.69, 9.17) is 16.3 Å². The zero-order valence-electron chi connectivity index (χ0n) is 5.15. The lowest BCUT2D eigenvalue weighted by molar-refractivity contribution is -0.141. The Hall–Kier alpha value is 0.720. The standard InChI is InChI=1S/C5H7Br2ClO2/c6-3-4(7)5(9)10-2-1-8/h4H,1-3H2. The summed E-state index contributed by atoms with van der Waals surface area (Å²) in [5.74, 6) is 0.0609. The normalized spacial score (nSPS) is 12.7. The zero-order chi connectivity index (χ0) is 7.98. The first kappa shape index (κ1) is 10.7. The SMILES string of the molecule is O=C(OCCCl)C(Br)CBr. The Bertz CT molecular complexity index is 110. The maximum atomic E-state index is 10.8. The third kappa shape index (κ3) is 4.52. The molecule has 1 unspecified atom stereocenters. The van der Waals surface area contributed by atoms with Crippen LogP contribution in [0.2, 0.25) is 0 Å². The summed E-state index contributed by atoms with van der Waals surface area (Å²) in [7, 11) is 0. The predicted molar refractivity (Wildman–Crippen MR) is 48.2 cm³/mol. The molecule has 0 heterocycles. The molecule has 0 aliphatic carbocycles. The minimum Gasteiger partial charge on any atom is -0.464 e. The van der Waals surface area contributed by atoms with Gasteiger partial charge in [0.25, 0.3) is 0 Å². The van der Waals surface area contributed by atoms with Gasteiger partial charge in [0.05, 0.1) is 5.88 Å². The Morgan fingerprint density at radius 1 is 1.70 bits per heavy atom. The lowest BCUT2D eigenvalue weighted by Gasteiger charge is -2.04. The fraction of sp³-hybridized carbons (Fsp3) is 0.800. The summed E-state index contributed by atoms with van der Waals surface area (Å²) >= 11 is 11.5. The molecular weight excluding hydrogens is 287 g/mol. The van der Waals surface area contributed by atoms with Crippen LogP contribution in [0, 0.1) is 0 Å². The second-order valence-electron chi connectivity index (χ2n) is 1.48. The number of hydrogen-bond donors (Lipinski definition) is 0. The van der Waals surface area contributed by atoms with Crippen LogP contribution in [-0.2, 0) is 9.53 Å². The fourth-order valence-electron chi connectivity index (χ4n) is 0.293. The molecule has 0 amide bonds. The lowest BCUT2D eigenvalue weighted by Crippen LogP contribution is -2.19. The zero-order valence-corrected chi connectivity index (χ0v) is 9.08. The van der Waals surface area contributed by atoms with Gasteiger partial charge in [0.2, 0.25) is 0 Å². The van der Waals surface area contributed by atoms with Crippen molar-refractivity contribution in [2.75, 3.05) is 17.8 Å². The number of esters is 1. The molecule has 0 aromatic carbocycles. The molecule has 0 rings (SSSR count). The van der Waals surface area contributed by atoms with Gasteiger partial charge in [-0.3, -0.25) is 4.79 Å². The van der Waals surface area contributed by atoms with Gasteiger partial charge < -0.3 is 4.74 Å². The monoisotopic (exact) mass is 292 g/mol. The summed E-state index contributed by atoms with van der Waals surface area (Å²) in [5.41, 5.74) is 0. The maximum Gasteiger partial charge on any atom is 0.320 e. The molecule has 0 fully saturated rings. The average molecular weight is 294 g/mol. The topological polar surface area (TPSA) is 26.3 Å². The van der Waals surface area contributed by atoms with E-state index in [1.165, 1.54) is 0 Å². The van der Waals surface area contributed by atoms with E-state index < -0.39 is 0 Å². The van der Waals surface area contributed by atoms with Crippen molar-refractivity contribution in [1.29, 1.82) is 0 Å². The van der Waals surface area contributed by atoms with E-state index in [9.17, 15) is 4.79 Å². The summed E-state index contributed by atoms with van der Waals surface area (Å²) in [6, 6.07) is 0. The molecule has 0 bridgehead atoms. The Morgan fingerprint density at radius 2 is 2.30 bits per heavy atom. The van der Waals surface area contributed by atoms with Crippen molar-refractivity contribution in [3.05, 3.63) is 0 Å². The van der Waals surface area contributed by atoms with Crippen LogP contribution in [0.25, 0.3) is 0 Å². The summed E-state index contributed by atoms with van der Waals surface area (Å²) in [4.78, 5) is 10.5. The highest BCUT2D eigenvalue weighted by Gasteiger charge is 2.13. The Morgan fingerprint density at radius 3 is 2.70 bits per heavy atom. The first-order chi connectivity index (χ1) is 4.72. The van der Waals surface area contributed by atoms with Crippen molar-refractivity contribution in [1.82, 2.24) is 0 Å². The quantitative estimate of drug-likeness (QED) is 0.585. The number of alkyl halides is 3. The minimum atomic E-state index is -0.280. The highest BCUT2D eigenvalue weighted by Crippen LogP contribution is 2.05. The number of ether oxygens (including phenoxy) is 1. The number of hydrogen-bond acceptors (Lipinski definition) is 2. The van der Waals surface area contributed by atoms with E-state index in [0.29, 0.717) is 11.2 Å². The van der Waals surface area contributed by atoms with Crippen molar-refractivity contribution in [3.63, 3.8) is 0 Å². The maximum absolute atomic E-state index is 10.8. The van der Waals surface area contributed by atoms with Crippen molar-refractivity contribution >= 4 is 49.4 Å². The molecule has 0 saturated heterocycles. The average Bonchev–Trinajstić information content (AvgIpc) is 1.98. The molecule has 5 heteroatoms. The van der Waals surface area contributed by atoms with Crippen LogP contribution in [0.4, 0.5) is 0 Å². The summed E-state index contributed by atoms with van der Waals surface area (Å²) in [6.07, 6.45) is 0. The van der Waals surface area contributed by atoms with Gasteiger partial charge in [0.1, 0.15) is 11.4 Å². The molecule has 0 spiro atoms. The third-order valence-corrected chi connectivity index (χ3v) is 3.08. The van der Waals surface area contributed by atoms with Crippen LogP contribution >= 0.6 is 43.5 Å². The smallest absolute Gasteiger partial charge is 0.320 e. The summed E-state index contributed by atoms with van der Waals surface area (Å²) in [6.45, 7) is 0.273. The van der Waals surface area contributed by atoms with Gasteiger partial charge in [0.15, 0.2) is 0 Å². The van der Waals surface area contributed by atoms with Crippen molar-refractivity contribution < 1.29 is 9.53 Å². The molecule has 1 atom stereocenters. The molecule has 0 saturated carbocycles. The third-order valence-electron chi connectivity index (χ3n) is 0.713. The Labute approximate surface area is 81.5 Å². The van der Waals surface area contributed by atoms with Gasteiger partial charge in [-0.2, -0.15) is 0 Å². The first-order valence-electron chi connectivity index (χ1n) is 2.65. The number of carbonyl (C=O) groups is 1. The van der Waals surface area contributed by atoms with Gasteiger partial charge in [-0.1, -0.05) is 31.9 Å². The van der Waals surface area contributed by atoms with Gasteiger partial charge in [-0.05, 0) is 0 Å². The van der Waals surface area contributed by atoms with Crippen LogP contribution in [0.1, 0.15) is 0 Å². The summed E-state index contributed by atoms with van der Waals surface area (Å²) in [5, 5.41) is 0.550. The number of carbonyl (C=O) groups excluding carboxylic acids is 1.